The highest BCUT2D eigenvalue weighted by Gasteiger charge is 2.10. The Balaban J connectivity index is 2.26. The number of rotatable bonds is 7. The van der Waals surface area contributed by atoms with Gasteiger partial charge in [-0.25, -0.2) is 4.98 Å². The van der Waals surface area contributed by atoms with Gasteiger partial charge in [0.15, 0.2) is 0 Å². The molecule has 0 fully saturated rings. The largest absolute Gasteiger partial charge is 0.392 e. The van der Waals surface area contributed by atoms with E-state index in [9.17, 15) is 5.11 Å². The molecule has 2 aromatic heterocycles. The minimum absolute atomic E-state index is 0.0490. The molecular weight excluding hydrogens is 262 g/mol. The minimum Gasteiger partial charge on any atom is -0.392 e. The molecule has 0 bridgehead atoms. The van der Waals surface area contributed by atoms with Crippen LogP contribution >= 0.6 is 0 Å². The monoisotopic (exact) mass is 285 g/mol. The van der Waals surface area contributed by atoms with Crippen LogP contribution in [0.3, 0.4) is 0 Å². The summed E-state index contributed by atoms with van der Waals surface area (Å²) in [7, 11) is 0. The average Bonchev–Trinajstić information content (AvgIpc) is 2.53. The molecule has 2 rings (SSSR count). The van der Waals surface area contributed by atoms with Gasteiger partial charge in [0.2, 0.25) is 0 Å². The quantitative estimate of drug-likeness (QED) is 0.849. The van der Waals surface area contributed by atoms with Gasteiger partial charge in [-0.05, 0) is 43.2 Å². The summed E-state index contributed by atoms with van der Waals surface area (Å²) >= 11 is 0. The van der Waals surface area contributed by atoms with Crippen molar-refractivity contribution in [2.75, 3.05) is 11.4 Å². The molecule has 0 aliphatic carbocycles. The molecule has 21 heavy (non-hydrogen) atoms. The standard InChI is InChI=1S/C17H23N3O/c1-3-7-15-10-14(13-21)11-17(19-15)20(4-2)12-16-8-5-6-9-18-16/h5-6,8-11,21H,3-4,7,12-13H2,1-2H3. The van der Waals surface area contributed by atoms with Crippen LogP contribution in [-0.4, -0.2) is 21.6 Å². The topological polar surface area (TPSA) is 49.2 Å². The molecule has 0 aliphatic rings. The second kappa shape index (κ2) is 7.74. The third-order valence-electron chi connectivity index (χ3n) is 3.40. The first kappa shape index (κ1) is 15.4. The molecule has 4 nitrogen and oxygen atoms in total. The highest BCUT2D eigenvalue weighted by atomic mass is 16.3. The molecular formula is C17H23N3O. The van der Waals surface area contributed by atoms with Crippen LogP contribution in [0.4, 0.5) is 5.82 Å². The van der Waals surface area contributed by atoms with Crippen LogP contribution < -0.4 is 4.90 Å². The normalized spacial score (nSPS) is 10.6. The molecule has 0 radical (unpaired) electrons. The first-order chi connectivity index (χ1) is 10.3. The van der Waals surface area contributed by atoms with Crippen LogP contribution in [0, 0.1) is 0 Å². The van der Waals surface area contributed by atoms with Crippen LogP contribution in [0.5, 0.6) is 0 Å². The lowest BCUT2D eigenvalue weighted by atomic mass is 10.1. The Morgan fingerprint density at radius 2 is 2.00 bits per heavy atom. The van der Waals surface area contributed by atoms with E-state index in [4.69, 9.17) is 4.98 Å². The SMILES string of the molecule is CCCc1cc(CO)cc(N(CC)Cc2ccccn2)n1. The van der Waals surface area contributed by atoms with Gasteiger partial charge in [-0.15, -0.1) is 0 Å². The summed E-state index contributed by atoms with van der Waals surface area (Å²) in [5.74, 6) is 0.915. The zero-order valence-electron chi connectivity index (χ0n) is 12.8. The van der Waals surface area contributed by atoms with E-state index in [1.807, 2.05) is 36.5 Å². The van der Waals surface area contributed by atoms with Gasteiger partial charge in [-0.2, -0.15) is 0 Å². The maximum atomic E-state index is 9.44. The zero-order chi connectivity index (χ0) is 15.1. The molecule has 0 atom stereocenters. The van der Waals surface area contributed by atoms with Gasteiger partial charge >= 0.3 is 0 Å². The van der Waals surface area contributed by atoms with Crippen molar-refractivity contribution in [3.8, 4) is 0 Å². The number of hydrogen-bond donors (Lipinski definition) is 1. The molecule has 4 heteroatoms. The van der Waals surface area contributed by atoms with Crippen molar-refractivity contribution in [2.45, 2.75) is 39.8 Å². The third-order valence-corrected chi connectivity index (χ3v) is 3.40. The molecule has 112 valence electrons. The molecule has 0 aromatic carbocycles. The van der Waals surface area contributed by atoms with E-state index in [0.29, 0.717) is 0 Å². The fourth-order valence-corrected chi connectivity index (χ4v) is 2.31. The number of aliphatic hydroxyl groups is 1. The fourth-order valence-electron chi connectivity index (χ4n) is 2.31. The molecule has 0 unspecified atom stereocenters. The van der Waals surface area contributed by atoms with Gasteiger partial charge in [0.25, 0.3) is 0 Å². The Hall–Kier alpha value is -1.94. The van der Waals surface area contributed by atoms with Crippen LogP contribution in [0.1, 0.15) is 37.2 Å². The first-order valence-corrected chi connectivity index (χ1v) is 7.52. The van der Waals surface area contributed by atoms with Crippen molar-refractivity contribution in [1.82, 2.24) is 9.97 Å². The second-order valence-corrected chi connectivity index (χ2v) is 5.07. The molecule has 0 amide bonds. The van der Waals surface area contributed by atoms with Crippen molar-refractivity contribution in [3.05, 3.63) is 53.5 Å². The van der Waals surface area contributed by atoms with Crippen molar-refractivity contribution >= 4 is 5.82 Å². The lowest BCUT2D eigenvalue weighted by Crippen LogP contribution is -2.24. The van der Waals surface area contributed by atoms with Crippen LogP contribution in [0.2, 0.25) is 0 Å². The maximum Gasteiger partial charge on any atom is 0.129 e. The Labute approximate surface area is 126 Å². The minimum atomic E-state index is 0.0490. The lowest BCUT2D eigenvalue weighted by Gasteiger charge is -2.23. The predicted molar refractivity (Wildman–Crippen MR) is 85.1 cm³/mol. The van der Waals surface area contributed by atoms with Gasteiger partial charge in [0, 0.05) is 18.4 Å². The van der Waals surface area contributed by atoms with Gasteiger partial charge in [0.05, 0.1) is 18.8 Å². The van der Waals surface area contributed by atoms with Crippen LogP contribution in [0.15, 0.2) is 36.5 Å². The molecule has 0 spiro atoms. The van der Waals surface area contributed by atoms with Gasteiger partial charge in [-0.1, -0.05) is 19.4 Å². The van der Waals surface area contributed by atoms with E-state index < -0.39 is 0 Å². The Bertz CT molecular complexity index is 557. The summed E-state index contributed by atoms with van der Waals surface area (Å²) in [6.45, 7) is 5.87. The number of nitrogens with zero attached hydrogens (tertiary/aromatic N) is 3. The summed E-state index contributed by atoms with van der Waals surface area (Å²) in [4.78, 5) is 11.3. The predicted octanol–water partition coefficient (Wildman–Crippen LogP) is 2.95. The van der Waals surface area contributed by atoms with E-state index in [1.165, 1.54) is 0 Å². The summed E-state index contributed by atoms with van der Waals surface area (Å²) in [6.07, 6.45) is 3.79. The summed E-state index contributed by atoms with van der Waals surface area (Å²) in [6, 6.07) is 9.89. The summed E-state index contributed by atoms with van der Waals surface area (Å²) in [5, 5.41) is 9.44. The number of anilines is 1. The molecule has 0 saturated carbocycles. The zero-order valence-corrected chi connectivity index (χ0v) is 12.8. The average molecular weight is 285 g/mol. The van der Waals surface area contributed by atoms with Gasteiger partial charge in [0.1, 0.15) is 5.82 Å². The Morgan fingerprint density at radius 3 is 2.62 bits per heavy atom. The van der Waals surface area contributed by atoms with Crippen molar-refractivity contribution in [3.63, 3.8) is 0 Å². The highest BCUT2D eigenvalue weighted by molar-refractivity contribution is 5.43. The molecule has 0 aliphatic heterocycles. The smallest absolute Gasteiger partial charge is 0.129 e. The maximum absolute atomic E-state index is 9.44. The molecule has 2 heterocycles. The molecule has 0 saturated heterocycles. The lowest BCUT2D eigenvalue weighted by molar-refractivity contribution is 0.281. The van der Waals surface area contributed by atoms with Crippen molar-refractivity contribution in [1.29, 1.82) is 0 Å². The van der Waals surface area contributed by atoms with E-state index in [1.54, 1.807) is 0 Å². The fraction of sp³-hybridized carbons (Fsp3) is 0.412. The third kappa shape index (κ3) is 4.26. The van der Waals surface area contributed by atoms with Crippen molar-refractivity contribution in [2.24, 2.45) is 0 Å². The Morgan fingerprint density at radius 1 is 1.14 bits per heavy atom. The van der Waals surface area contributed by atoms with Gasteiger partial charge < -0.3 is 10.0 Å². The van der Waals surface area contributed by atoms with Crippen LogP contribution in [-0.2, 0) is 19.6 Å². The van der Waals surface area contributed by atoms with E-state index in [-0.39, 0.29) is 6.61 Å². The van der Waals surface area contributed by atoms with E-state index in [2.05, 4.69) is 23.7 Å². The molecule has 1 N–H and O–H groups in total. The number of aromatic nitrogens is 2. The number of aliphatic hydroxyl groups excluding tert-OH is 1. The summed E-state index contributed by atoms with van der Waals surface area (Å²) in [5.41, 5.74) is 2.98. The number of aryl methyl sites for hydroxylation is 1. The van der Waals surface area contributed by atoms with E-state index >= 15 is 0 Å². The van der Waals surface area contributed by atoms with Crippen LogP contribution in [0.25, 0.3) is 0 Å². The molecule has 2 aromatic rings. The second-order valence-electron chi connectivity index (χ2n) is 5.07. The Kier molecular flexibility index (Phi) is 5.69. The van der Waals surface area contributed by atoms with E-state index in [0.717, 1.165) is 48.7 Å². The van der Waals surface area contributed by atoms with Crippen molar-refractivity contribution < 1.29 is 5.11 Å². The first-order valence-electron chi connectivity index (χ1n) is 7.52. The number of pyridine rings is 2. The van der Waals surface area contributed by atoms with Gasteiger partial charge in [-0.3, -0.25) is 4.98 Å². The number of hydrogen-bond acceptors (Lipinski definition) is 4. The summed E-state index contributed by atoms with van der Waals surface area (Å²) < 4.78 is 0. The highest BCUT2D eigenvalue weighted by Crippen LogP contribution is 2.18.